The van der Waals surface area contributed by atoms with Crippen LogP contribution in [0.2, 0.25) is 0 Å². The van der Waals surface area contributed by atoms with Gasteiger partial charge in [0.25, 0.3) is 0 Å². The number of aryl methyl sites for hydroxylation is 1. The van der Waals surface area contributed by atoms with Crippen LogP contribution in [0.4, 0.5) is 11.4 Å². The Kier molecular flexibility index (Phi) is 4.43. The zero-order valence-corrected chi connectivity index (χ0v) is 11.8. The molecule has 0 unspecified atom stereocenters. The number of ether oxygens (including phenoxy) is 1. The fourth-order valence-electron chi connectivity index (χ4n) is 2.33. The van der Waals surface area contributed by atoms with Crippen molar-refractivity contribution in [3.8, 4) is 0 Å². The number of hydrogen-bond donors (Lipinski definition) is 2. The molecule has 1 aliphatic carbocycles. The lowest BCUT2D eigenvalue weighted by atomic mass is 9.89. The fraction of sp³-hybridized carbons (Fsp3) is 0.533. The minimum Gasteiger partial charge on any atom is -0.382 e. The van der Waals surface area contributed by atoms with E-state index in [1.165, 1.54) is 12.5 Å². The third kappa shape index (κ3) is 3.70. The van der Waals surface area contributed by atoms with Crippen molar-refractivity contribution >= 4 is 17.3 Å². The zero-order chi connectivity index (χ0) is 13.8. The molecule has 0 atom stereocenters. The normalized spacial score (nSPS) is 21.6. The molecule has 2 N–H and O–H groups in total. The summed E-state index contributed by atoms with van der Waals surface area (Å²) in [5, 5.41) is 6.32. The van der Waals surface area contributed by atoms with E-state index >= 15 is 0 Å². The van der Waals surface area contributed by atoms with Crippen molar-refractivity contribution in [2.45, 2.75) is 45.8 Å². The molecule has 1 aliphatic rings. The van der Waals surface area contributed by atoms with E-state index in [-0.39, 0.29) is 5.91 Å². The number of carbonyl (C=O) groups is 1. The number of nitrogens with one attached hydrogen (secondary N) is 2. The lowest BCUT2D eigenvalue weighted by molar-refractivity contribution is -0.114. The molecular weight excluding hydrogens is 240 g/mol. The van der Waals surface area contributed by atoms with Crippen molar-refractivity contribution in [1.82, 2.24) is 0 Å². The first-order valence-corrected chi connectivity index (χ1v) is 6.85. The van der Waals surface area contributed by atoms with Crippen LogP contribution in [0, 0.1) is 6.92 Å². The van der Waals surface area contributed by atoms with Gasteiger partial charge in [-0.05, 0) is 44.4 Å². The Labute approximate surface area is 114 Å². The molecule has 0 spiro atoms. The molecule has 0 aliphatic heterocycles. The van der Waals surface area contributed by atoms with Gasteiger partial charge in [-0.3, -0.25) is 4.79 Å². The van der Waals surface area contributed by atoms with Crippen molar-refractivity contribution in [2.24, 2.45) is 0 Å². The van der Waals surface area contributed by atoms with Crippen molar-refractivity contribution in [3.63, 3.8) is 0 Å². The second kappa shape index (κ2) is 6.06. The number of hydrogen-bond acceptors (Lipinski definition) is 3. The maximum absolute atomic E-state index is 11.1. The SMILES string of the molecule is CCOC1CC(Nc2cc(NC(C)=O)ccc2C)C1. The molecule has 0 heterocycles. The van der Waals surface area contributed by atoms with E-state index in [0.29, 0.717) is 12.1 Å². The van der Waals surface area contributed by atoms with Crippen LogP contribution in [0.15, 0.2) is 18.2 Å². The summed E-state index contributed by atoms with van der Waals surface area (Å²) in [4.78, 5) is 11.1. The van der Waals surface area contributed by atoms with E-state index in [0.717, 1.165) is 30.8 Å². The highest BCUT2D eigenvalue weighted by Gasteiger charge is 2.29. The topological polar surface area (TPSA) is 50.4 Å². The van der Waals surface area contributed by atoms with Gasteiger partial charge in [-0.15, -0.1) is 0 Å². The maximum Gasteiger partial charge on any atom is 0.221 e. The van der Waals surface area contributed by atoms with E-state index in [9.17, 15) is 4.79 Å². The van der Waals surface area contributed by atoms with Gasteiger partial charge in [0.1, 0.15) is 0 Å². The first kappa shape index (κ1) is 13.9. The molecule has 1 amide bonds. The van der Waals surface area contributed by atoms with Crippen LogP contribution in [0.5, 0.6) is 0 Å². The van der Waals surface area contributed by atoms with Crippen LogP contribution < -0.4 is 10.6 Å². The van der Waals surface area contributed by atoms with Crippen LogP contribution in [-0.4, -0.2) is 24.7 Å². The Bertz CT molecular complexity index is 453. The summed E-state index contributed by atoms with van der Waals surface area (Å²) < 4.78 is 5.56. The second-order valence-corrected chi connectivity index (χ2v) is 5.10. The van der Waals surface area contributed by atoms with Crippen molar-refractivity contribution in [3.05, 3.63) is 23.8 Å². The average molecular weight is 262 g/mol. The smallest absolute Gasteiger partial charge is 0.221 e. The second-order valence-electron chi connectivity index (χ2n) is 5.10. The Hall–Kier alpha value is -1.55. The lowest BCUT2D eigenvalue weighted by Gasteiger charge is -2.36. The van der Waals surface area contributed by atoms with Crippen LogP contribution in [0.25, 0.3) is 0 Å². The summed E-state index contributed by atoms with van der Waals surface area (Å²) in [6.45, 7) is 6.40. The largest absolute Gasteiger partial charge is 0.382 e. The van der Waals surface area contributed by atoms with Crippen LogP contribution in [0.3, 0.4) is 0 Å². The molecule has 0 radical (unpaired) electrons. The Morgan fingerprint density at radius 2 is 2.16 bits per heavy atom. The average Bonchev–Trinajstić information content (AvgIpc) is 2.30. The molecule has 0 aromatic heterocycles. The summed E-state index contributed by atoms with van der Waals surface area (Å²) in [5.41, 5.74) is 3.11. The number of benzene rings is 1. The highest BCUT2D eigenvalue weighted by molar-refractivity contribution is 5.89. The predicted octanol–water partition coefficient (Wildman–Crippen LogP) is 2.93. The number of rotatable bonds is 5. The molecule has 1 aromatic carbocycles. The molecule has 4 nitrogen and oxygen atoms in total. The number of anilines is 2. The fourth-order valence-corrected chi connectivity index (χ4v) is 2.33. The number of amides is 1. The molecular formula is C15H22N2O2. The van der Waals surface area contributed by atoms with Gasteiger partial charge < -0.3 is 15.4 Å². The minimum atomic E-state index is -0.0464. The van der Waals surface area contributed by atoms with Crippen molar-refractivity contribution in [1.29, 1.82) is 0 Å². The third-order valence-electron chi connectivity index (χ3n) is 3.41. The first-order valence-electron chi connectivity index (χ1n) is 6.85. The zero-order valence-electron chi connectivity index (χ0n) is 11.8. The van der Waals surface area contributed by atoms with E-state index < -0.39 is 0 Å². The molecule has 0 saturated heterocycles. The highest BCUT2D eigenvalue weighted by Crippen LogP contribution is 2.29. The third-order valence-corrected chi connectivity index (χ3v) is 3.41. The molecule has 19 heavy (non-hydrogen) atoms. The summed E-state index contributed by atoms with van der Waals surface area (Å²) >= 11 is 0. The summed E-state index contributed by atoms with van der Waals surface area (Å²) in [7, 11) is 0. The summed E-state index contributed by atoms with van der Waals surface area (Å²) in [6.07, 6.45) is 2.51. The van der Waals surface area contributed by atoms with Gasteiger partial charge in [-0.25, -0.2) is 0 Å². The number of carbonyl (C=O) groups excluding carboxylic acids is 1. The maximum atomic E-state index is 11.1. The predicted molar refractivity (Wildman–Crippen MR) is 77.5 cm³/mol. The summed E-state index contributed by atoms with van der Waals surface area (Å²) in [6, 6.07) is 6.41. The first-order chi connectivity index (χ1) is 9.08. The van der Waals surface area contributed by atoms with Crippen LogP contribution in [0.1, 0.15) is 32.3 Å². The van der Waals surface area contributed by atoms with Gasteiger partial charge in [0.15, 0.2) is 0 Å². The van der Waals surface area contributed by atoms with Gasteiger partial charge in [-0.2, -0.15) is 0 Å². The quantitative estimate of drug-likeness (QED) is 0.857. The van der Waals surface area contributed by atoms with Gasteiger partial charge in [-0.1, -0.05) is 6.07 Å². The lowest BCUT2D eigenvalue weighted by Crippen LogP contribution is -2.40. The molecule has 2 rings (SSSR count). The van der Waals surface area contributed by atoms with E-state index in [2.05, 4.69) is 17.6 Å². The standard InChI is InChI=1S/C15H22N2O2/c1-4-19-14-7-13(8-14)17-15-9-12(16-11(3)18)6-5-10(15)2/h5-6,9,13-14,17H,4,7-8H2,1-3H3,(H,16,18). The monoisotopic (exact) mass is 262 g/mol. The van der Waals surface area contributed by atoms with Crippen molar-refractivity contribution in [2.75, 3.05) is 17.2 Å². The highest BCUT2D eigenvalue weighted by atomic mass is 16.5. The molecule has 104 valence electrons. The molecule has 4 heteroatoms. The van der Waals surface area contributed by atoms with E-state index in [4.69, 9.17) is 4.74 Å². The Balaban J connectivity index is 1.94. The van der Waals surface area contributed by atoms with Gasteiger partial charge in [0.2, 0.25) is 5.91 Å². The van der Waals surface area contributed by atoms with Crippen LogP contribution >= 0.6 is 0 Å². The minimum absolute atomic E-state index is 0.0464. The Morgan fingerprint density at radius 3 is 2.79 bits per heavy atom. The van der Waals surface area contributed by atoms with E-state index in [1.54, 1.807) is 0 Å². The van der Waals surface area contributed by atoms with E-state index in [1.807, 2.05) is 25.1 Å². The van der Waals surface area contributed by atoms with Gasteiger partial charge >= 0.3 is 0 Å². The molecule has 1 saturated carbocycles. The van der Waals surface area contributed by atoms with Gasteiger partial charge in [0.05, 0.1) is 6.10 Å². The molecule has 1 aromatic rings. The molecule has 1 fully saturated rings. The summed E-state index contributed by atoms with van der Waals surface area (Å²) in [5.74, 6) is -0.0464. The van der Waals surface area contributed by atoms with Crippen LogP contribution in [-0.2, 0) is 9.53 Å². The van der Waals surface area contributed by atoms with Crippen molar-refractivity contribution < 1.29 is 9.53 Å². The van der Waals surface area contributed by atoms with Gasteiger partial charge in [0, 0.05) is 30.9 Å². The molecule has 0 bridgehead atoms. The Morgan fingerprint density at radius 1 is 1.42 bits per heavy atom.